The summed E-state index contributed by atoms with van der Waals surface area (Å²) in [5.74, 6) is -0.416. The average molecular weight is 460 g/mol. The summed E-state index contributed by atoms with van der Waals surface area (Å²) in [4.78, 5) is 28.2. The first-order valence-corrected chi connectivity index (χ1v) is 11.9. The van der Waals surface area contributed by atoms with Crippen LogP contribution in [0.15, 0.2) is 60.7 Å². The smallest absolute Gasteiger partial charge is 0.247 e. The van der Waals surface area contributed by atoms with Crippen molar-refractivity contribution in [2.45, 2.75) is 33.2 Å². The molecule has 1 fully saturated rings. The molecule has 0 spiro atoms. The van der Waals surface area contributed by atoms with E-state index in [1.165, 1.54) is 0 Å². The summed E-state index contributed by atoms with van der Waals surface area (Å²) in [6.45, 7) is 9.05. The van der Waals surface area contributed by atoms with Crippen LogP contribution in [0.1, 0.15) is 25.0 Å². The number of hydrogen-bond donors (Lipinski definition) is 2. The first-order valence-electron chi connectivity index (χ1n) is 11.9. The third-order valence-electron chi connectivity index (χ3n) is 6.29. The van der Waals surface area contributed by atoms with Gasteiger partial charge in [-0.05, 0) is 52.9 Å². The third-order valence-corrected chi connectivity index (χ3v) is 6.29. The standard InChI is InChI=1S/C28H33N3O3/c1-19(2)27(30-26(32)18-21-8-9-22-6-4-5-7-23(22)17-21)28(33)29-25-11-10-24(16-20(25)3)31-12-14-34-15-13-31/h4-11,16-17,19,27H,12-15,18H2,1-3H3,(H,29,33)(H,30,32). The van der Waals surface area contributed by atoms with Gasteiger partial charge in [0.15, 0.2) is 0 Å². The van der Waals surface area contributed by atoms with E-state index in [1.807, 2.05) is 75.4 Å². The van der Waals surface area contributed by atoms with E-state index in [0.29, 0.717) is 0 Å². The summed E-state index contributed by atoms with van der Waals surface area (Å²) >= 11 is 0. The molecular weight excluding hydrogens is 426 g/mol. The van der Waals surface area contributed by atoms with Crippen LogP contribution in [-0.4, -0.2) is 44.2 Å². The Kier molecular flexibility index (Phi) is 7.48. The molecule has 1 aliphatic heterocycles. The normalized spacial score (nSPS) is 14.8. The predicted molar refractivity (Wildman–Crippen MR) is 137 cm³/mol. The topological polar surface area (TPSA) is 70.7 Å². The summed E-state index contributed by atoms with van der Waals surface area (Å²) < 4.78 is 5.43. The summed E-state index contributed by atoms with van der Waals surface area (Å²) in [5, 5.41) is 8.20. The zero-order valence-electron chi connectivity index (χ0n) is 20.1. The number of ether oxygens (including phenoxy) is 1. The molecule has 0 aliphatic carbocycles. The second-order valence-corrected chi connectivity index (χ2v) is 9.24. The molecule has 0 radical (unpaired) electrons. The number of carbonyl (C=O) groups is 2. The molecule has 1 unspecified atom stereocenters. The highest BCUT2D eigenvalue weighted by Gasteiger charge is 2.25. The fraction of sp³-hybridized carbons (Fsp3) is 0.357. The van der Waals surface area contributed by atoms with Gasteiger partial charge in [-0.3, -0.25) is 9.59 Å². The molecule has 0 saturated carbocycles. The number of morpholine rings is 1. The van der Waals surface area contributed by atoms with Gasteiger partial charge < -0.3 is 20.3 Å². The van der Waals surface area contributed by atoms with Gasteiger partial charge in [0.1, 0.15) is 6.04 Å². The molecule has 0 aromatic heterocycles. The Balaban J connectivity index is 1.40. The molecule has 1 saturated heterocycles. The molecular formula is C28H33N3O3. The number of aryl methyl sites for hydroxylation is 1. The number of nitrogens with one attached hydrogen (secondary N) is 2. The van der Waals surface area contributed by atoms with Crippen LogP contribution in [0.2, 0.25) is 0 Å². The van der Waals surface area contributed by atoms with Gasteiger partial charge in [0.2, 0.25) is 11.8 Å². The van der Waals surface area contributed by atoms with Gasteiger partial charge in [0.25, 0.3) is 0 Å². The van der Waals surface area contributed by atoms with E-state index >= 15 is 0 Å². The van der Waals surface area contributed by atoms with E-state index in [2.05, 4.69) is 21.6 Å². The predicted octanol–water partition coefficient (Wildman–Crippen LogP) is 4.31. The molecule has 34 heavy (non-hydrogen) atoms. The van der Waals surface area contributed by atoms with E-state index in [1.54, 1.807) is 0 Å². The fourth-order valence-corrected chi connectivity index (χ4v) is 4.31. The zero-order chi connectivity index (χ0) is 24.1. The number of rotatable bonds is 7. The molecule has 0 bridgehead atoms. The van der Waals surface area contributed by atoms with Crippen molar-refractivity contribution in [1.82, 2.24) is 5.32 Å². The van der Waals surface area contributed by atoms with Crippen molar-refractivity contribution in [3.05, 3.63) is 71.8 Å². The Bertz CT molecular complexity index is 1170. The lowest BCUT2D eigenvalue weighted by Gasteiger charge is -2.29. The molecule has 3 aromatic rings. The van der Waals surface area contributed by atoms with Crippen molar-refractivity contribution in [3.8, 4) is 0 Å². The highest BCUT2D eigenvalue weighted by atomic mass is 16.5. The van der Waals surface area contributed by atoms with Gasteiger partial charge in [-0.2, -0.15) is 0 Å². The largest absolute Gasteiger partial charge is 0.378 e. The molecule has 3 aromatic carbocycles. The number of benzene rings is 3. The van der Waals surface area contributed by atoms with Gasteiger partial charge in [0, 0.05) is 24.5 Å². The van der Waals surface area contributed by atoms with Crippen LogP contribution in [0.25, 0.3) is 10.8 Å². The maximum Gasteiger partial charge on any atom is 0.247 e. The lowest BCUT2D eigenvalue weighted by Crippen LogP contribution is -2.47. The number of carbonyl (C=O) groups excluding carboxylic acids is 2. The quantitative estimate of drug-likeness (QED) is 0.553. The van der Waals surface area contributed by atoms with E-state index in [-0.39, 0.29) is 24.2 Å². The third kappa shape index (κ3) is 5.75. The van der Waals surface area contributed by atoms with Crippen LogP contribution >= 0.6 is 0 Å². The summed E-state index contributed by atoms with van der Waals surface area (Å²) in [7, 11) is 0. The average Bonchev–Trinajstić information content (AvgIpc) is 2.84. The molecule has 4 rings (SSSR count). The number of amides is 2. The van der Waals surface area contributed by atoms with Crippen molar-refractivity contribution < 1.29 is 14.3 Å². The van der Waals surface area contributed by atoms with E-state index in [4.69, 9.17) is 4.74 Å². The van der Waals surface area contributed by atoms with Crippen LogP contribution in [-0.2, 0) is 20.7 Å². The second kappa shape index (κ2) is 10.7. The Morgan fingerprint density at radius 2 is 1.71 bits per heavy atom. The van der Waals surface area contributed by atoms with Crippen molar-refractivity contribution >= 4 is 34.0 Å². The molecule has 2 N–H and O–H groups in total. The van der Waals surface area contributed by atoms with Crippen molar-refractivity contribution in [2.24, 2.45) is 5.92 Å². The fourth-order valence-electron chi connectivity index (χ4n) is 4.31. The molecule has 1 aliphatic rings. The number of anilines is 2. The van der Waals surface area contributed by atoms with Gasteiger partial charge in [-0.25, -0.2) is 0 Å². The monoisotopic (exact) mass is 459 g/mol. The Labute approximate surface area is 201 Å². The molecule has 1 heterocycles. The lowest BCUT2D eigenvalue weighted by molar-refractivity contribution is -0.127. The molecule has 6 heteroatoms. The maximum atomic E-state index is 13.1. The van der Waals surface area contributed by atoms with Gasteiger partial charge >= 0.3 is 0 Å². The molecule has 178 valence electrons. The van der Waals surface area contributed by atoms with Gasteiger partial charge in [0.05, 0.1) is 19.6 Å². The first kappa shape index (κ1) is 23.8. The molecule has 1 atom stereocenters. The highest BCUT2D eigenvalue weighted by molar-refractivity contribution is 5.98. The Hall–Kier alpha value is -3.38. The summed E-state index contributed by atoms with van der Waals surface area (Å²) in [6, 6.07) is 19.5. The minimum atomic E-state index is -0.619. The van der Waals surface area contributed by atoms with E-state index < -0.39 is 6.04 Å². The summed E-state index contributed by atoms with van der Waals surface area (Å²) in [5.41, 5.74) is 3.80. The SMILES string of the molecule is Cc1cc(N2CCOCC2)ccc1NC(=O)C(NC(=O)Cc1ccc2ccccc2c1)C(C)C. The Morgan fingerprint density at radius 3 is 2.41 bits per heavy atom. The molecule has 6 nitrogen and oxygen atoms in total. The second-order valence-electron chi connectivity index (χ2n) is 9.24. The first-order chi connectivity index (χ1) is 16.4. The number of nitrogens with zero attached hydrogens (tertiary/aromatic N) is 1. The van der Waals surface area contributed by atoms with Crippen LogP contribution in [0.3, 0.4) is 0 Å². The minimum absolute atomic E-state index is 0.0477. The number of fused-ring (bicyclic) bond motifs is 1. The van der Waals surface area contributed by atoms with Gasteiger partial charge in [-0.1, -0.05) is 56.3 Å². The minimum Gasteiger partial charge on any atom is -0.378 e. The number of hydrogen-bond acceptors (Lipinski definition) is 4. The molecule has 2 amide bonds. The lowest BCUT2D eigenvalue weighted by atomic mass is 10.0. The van der Waals surface area contributed by atoms with Crippen LogP contribution < -0.4 is 15.5 Å². The van der Waals surface area contributed by atoms with Crippen LogP contribution in [0, 0.1) is 12.8 Å². The summed E-state index contributed by atoms with van der Waals surface area (Å²) in [6.07, 6.45) is 0.231. The Morgan fingerprint density at radius 1 is 0.971 bits per heavy atom. The van der Waals surface area contributed by atoms with Crippen molar-refractivity contribution in [3.63, 3.8) is 0 Å². The zero-order valence-corrected chi connectivity index (χ0v) is 20.1. The van der Waals surface area contributed by atoms with Crippen molar-refractivity contribution in [2.75, 3.05) is 36.5 Å². The van der Waals surface area contributed by atoms with Crippen molar-refractivity contribution in [1.29, 1.82) is 0 Å². The van der Waals surface area contributed by atoms with Crippen LogP contribution in [0.4, 0.5) is 11.4 Å². The van der Waals surface area contributed by atoms with E-state index in [0.717, 1.165) is 59.6 Å². The van der Waals surface area contributed by atoms with Gasteiger partial charge in [-0.15, -0.1) is 0 Å². The van der Waals surface area contributed by atoms with Crippen LogP contribution in [0.5, 0.6) is 0 Å². The highest BCUT2D eigenvalue weighted by Crippen LogP contribution is 2.24. The van der Waals surface area contributed by atoms with E-state index in [9.17, 15) is 9.59 Å². The maximum absolute atomic E-state index is 13.1.